The van der Waals surface area contributed by atoms with Crippen LogP contribution in [0.25, 0.3) is 0 Å². The molecule has 1 aliphatic carbocycles. The van der Waals surface area contributed by atoms with Gasteiger partial charge in [-0.05, 0) is 44.9 Å². The lowest BCUT2D eigenvalue weighted by Crippen LogP contribution is -2.54. The summed E-state index contributed by atoms with van der Waals surface area (Å²) in [5.41, 5.74) is -0.738. The summed E-state index contributed by atoms with van der Waals surface area (Å²) in [5.74, 6) is 0.146. The van der Waals surface area contributed by atoms with E-state index in [1.165, 1.54) is 19.3 Å². The molecule has 0 saturated heterocycles. The van der Waals surface area contributed by atoms with Gasteiger partial charge in [-0.15, -0.1) is 0 Å². The molecule has 3 heteroatoms. The van der Waals surface area contributed by atoms with Crippen LogP contribution in [0.2, 0.25) is 0 Å². The van der Waals surface area contributed by atoms with Gasteiger partial charge in [0.25, 0.3) is 0 Å². The Morgan fingerprint density at radius 1 is 1.29 bits per heavy atom. The van der Waals surface area contributed by atoms with Crippen LogP contribution in [0.1, 0.15) is 65.7 Å². The average molecular weight is 241 g/mol. The second-order valence-electron chi connectivity index (χ2n) is 5.66. The van der Waals surface area contributed by atoms with Crippen molar-refractivity contribution in [2.24, 2.45) is 5.92 Å². The molecule has 0 aromatic heterocycles. The number of carboxylic acids is 1. The zero-order valence-electron chi connectivity index (χ0n) is 11.5. The van der Waals surface area contributed by atoms with Crippen LogP contribution in [-0.4, -0.2) is 22.7 Å². The van der Waals surface area contributed by atoms with E-state index in [-0.39, 0.29) is 0 Å². The van der Waals surface area contributed by atoms with E-state index in [4.69, 9.17) is 0 Å². The van der Waals surface area contributed by atoms with Crippen molar-refractivity contribution >= 4 is 5.97 Å². The fraction of sp³-hybridized carbons (Fsp3) is 0.929. The zero-order chi connectivity index (χ0) is 12.9. The lowest BCUT2D eigenvalue weighted by atomic mass is 9.83. The summed E-state index contributed by atoms with van der Waals surface area (Å²) in [6, 6.07) is 0.394. The van der Waals surface area contributed by atoms with Gasteiger partial charge < -0.3 is 5.11 Å². The molecule has 1 rings (SSSR count). The van der Waals surface area contributed by atoms with Gasteiger partial charge >= 0.3 is 5.97 Å². The first-order chi connectivity index (χ1) is 8.01. The first-order valence-corrected chi connectivity index (χ1v) is 7.03. The van der Waals surface area contributed by atoms with Crippen LogP contribution in [0.15, 0.2) is 0 Å². The van der Waals surface area contributed by atoms with E-state index in [1.54, 1.807) is 0 Å². The van der Waals surface area contributed by atoms with E-state index in [0.717, 1.165) is 25.2 Å². The van der Waals surface area contributed by atoms with Gasteiger partial charge in [-0.3, -0.25) is 10.1 Å². The monoisotopic (exact) mass is 241 g/mol. The number of nitrogens with one attached hydrogen (secondary N) is 1. The maximum atomic E-state index is 11.3. The number of hydrogen-bond donors (Lipinski definition) is 2. The highest BCUT2D eigenvalue weighted by atomic mass is 16.4. The highest BCUT2D eigenvalue weighted by Gasteiger charge is 2.35. The lowest BCUT2D eigenvalue weighted by molar-refractivity contribution is -0.145. The van der Waals surface area contributed by atoms with Gasteiger partial charge in [-0.1, -0.05) is 26.7 Å². The maximum Gasteiger partial charge on any atom is 0.323 e. The first kappa shape index (κ1) is 14.5. The molecular weight excluding hydrogens is 214 g/mol. The van der Waals surface area contributed by atoms with Gasteiger partial charge in [0.1, 0.15) is 5.54 Å². The number of hydrogen-bond acceptors (Lipinski definition) is 2. The molecule has 0 bridgehead atoms. The summed E-state index contributed by atoms with van der Waals surface area (Å²) in [6.07, 6.45) is 7.62. The zero-order valence-corrected chi connectivity index (χ0v) is 11.5. The fourth-order valence-electron chi connectivity index (χ4n) is 2.91. The van der Waals surface area contributed by atoms with Crippen molar-refractivity contribution < 1.29 is 9.90 Å². The normalized spacial score (nSPS) is 28.6. The molecule has 1 unspecified atom stereocenters. The molecule has 0 aromatic carbocycles. The molecular formula is C14H27NO2. The summed E-state index contributed by atoms with van der Waals surface area (Å²) >= 11 is 0. The SMILES string of the molecule is CCCC(C)(NC1CCC(CC)CC1)C(=O)O. The van der Waals surface area contributed by atoms with E-state index >= 15 is 0 Å². The van der Waals surface area contributed by atoms with Crippen LogP contribution < -0.4 is 5.32 Å². The second-order valence-corrected chi connectivity index (χ2v) is 5.66. The topological polar surface area (TPSA) is 49.3 Å². The Bertz CT molecular complexity index is 247. The van der Waals surface area contributed by atoms with Crippen molar-refractivity contribution in [3.05, 3.63) is 0 Å². The van der Waals surface area contributed by atoms with Gasteiger partial charge in [-0.25, -0.2) is 0 Å². The van der Waals surface area contributed by atoms with Crippen molar-refractivity contribution in [3.63, 3.8) is 0 Å². The Morgan fingerprint density at radius 2 is 1.88 bits per heavy atom. The fourth-order valence-corrected chi connectivity index (χ4v) is 2.91. The number of carbonyl (C=O) groups is 1. The molecule has 0 amide bonds. The van der Waals surface area contributed by atoms with Gasteiger partial charge in [-0.2, -0.15) is 0 Å². The molecule has 1 atom stereocenters. The predicted octanol–water partition coefficient (Wildman–Crippen LogP) is 3.19. The third-order valence-corrected chi connectivity index (χ3v) is 4.17. The van der Waals surface area contributed by atoms with Crippen molar-refractivity contribution in [1.29, 1.82) is 0 Å². The van der Waals surface area contributed by atoms with Gasteiger partial charge in [0.2, 0.25) is 0 Å². The van der Waals surface area contributed by atoms with E-state index in [1.807, 2.05) is 13.8 Å². The van der Waals surface area contributed by atoms with Crippen molar-refractivity contribution in [2.45, 2.75) is 77.3 Å². The Hall–Kier alpha value is -0.570. The standard InChI is InChI=1S/C14H27NO2/c1-4-10-14(3,13(16)17)15-12-8-6-11(5-2)7-9-12/h11-12,15H,4-10H2,1-3H3,(H,16,17). The van der Waals surface area contributed by atoms with Crippen LogP contribution in [0.5, 0.6) is 0 Å². The van der Waals surface area contributed by atoms with Crippen LogP contribution in [0.3, 0.4) is 0 Å². The molecule has 1 fully saturated rings. The molecule has 1 aliphatic rings. The van der Waals surface area contributed by atoms with Crippen molar-refractivity contribution in [2.75, 3.05) is 0 Å². The van der Waals surface area contributed by atoms with E-state index in [2.05, 4.69) is 12.2 Å². The number of carboxylic acid groups (broad SMARTS) is 1. The highest BCUT2D eigenvalue weighted by Crippen LogP contribution is 2.28. The second kappa shape index (κ2) is 6.39. The molecule has 100 valence electrons. The number of rotatable bonds is 6. The van der Waals surface area contributed by atoms with Crippen LogP contribution in [0.4, 0.5) is 0 Å². The third-order valence-electron chi connectivity index (χ3n) is 4.17. The largest absolute Gasteiger partial charge is 0.480 e. The molecule has 17 heavy (non-hydrogen) atoms. The van der Waals surface area contributed by atoms with Crippen LogP contribution >= 0.6 is 0 Å². The quantitative estimate of drug-likeness (QED) is 0.751. The van der Waals surface area contributed by atoms with E-state index in [0.29, 0.717) is 12.5 Å². The van der Waals surface area contributed by atoms with E-state index < -0.39 is 11.5 Å². The lowest BCUT2D eigenvalue weighted by Gasteiger charge is -2.35. The minimum absolute atomic E-state index is 0.394. The first-order valence-electron chi connectivity index (χ1n) is 7.03. The van der Waals surface area contributed by atoms with Crippen LogP contribution in [-0.2, 0) is 4.79 Å². The minimum atomic E-state index is -0.738. The molecule has 1 saturated carbocycles. The molecule has 0 radical (unpaired) electrons. The highest BCUT2D eigenvalue weighted by molar-refractivity contribution is 5.78. The number of aliphatic carboxylic acids is 1. The molecule has 2 N–H and O–H groups in total. The summed E-state index contributed by atoms with van der Waals surface area (Å²) in [7, 11) is 0. The summed E-state index contributed by atoms with van der Waals surface area (Å²) in [5, 5.41) is 12.7. The Morgan fingerprint density at radius 3 is 2.29 bits per heavy atom. The molecule has 3 nitrogen and oxygen atoms in total. The Balaban J connectivity index is 2.49. The Labute approximate surface area is 105 Å². The summed E-state index contributed by atoms with van der Waals surface area (Å²) in [4.78, 5) is 11.3. The maximum absolute atomic E-state index is 11.3. The summed E-state index contributed by atoms with van der Waals surface area (Å²) < 4.78 is 0. The molecule has 0 heterocycles. The molecule has 0 aromatic rings. The average Bonchev–Trinajstić information content (AvgIpc) is 2.30. The molecule has 0 aliphatic heterocycles. The molecule has 0 spiro atoms. The van der Waals surface area contributed by atoms with Gasteiger partial charge in [0, 0.05) is 6.04 Å². The van der Waals surface area contributed by atoms with Crippen LogP contribution in [0, 0.1) is 5.92 Å². The van der Waals surface area contributed by atoms with Gasteiger partial charge in [0.15, 0.2) is 0 Å². The smallest absolute Gasteiger partial charge is 0.323 e. The van der Waals surface area contributed by atoms with Crippen molar-refractivity contribution in [3.8, 4) is 0 Å². The minimum Gasteiger partial charge on any atom is -0.480 e. The Kier molecular flexibility index (Phi) is 5.44. The predicted molar refractivity (Wildman–Crippen MR) is 70.1 cm³/mol. The van der Waals surface area contributed by atoms with E-state index in [9.17, 15) is 9.90 Å². The van der Waals surface area contributed by atoms with Gasteiger partial charge in [0.05, 0.1) is 0 Å². The van der Waals surface area contributed by atoms with Crippen molar-refractivity contribution in [1.82, 2.24) is 5.32 Å². The summed E-state index contributed by atoms with van der Waals surface area (Å²) in [6.45, 7) is 6.11. The third kappa shape index (κ3) is 3.98.